The van der Waals surface area contributed by atoms with Gasteiger partial charge in [0.2, 0.25) is 0 Å². The van der Waals surface area contributed by atoms with Crippen molar-refractivity contribution in [3.05, 3.63) is 29.8 Å². The molecule has 0 heterocycles. The van der Waals surface area contributed by atoms with Crippen LogP contribution in [0.15, 0.2) is 24.3 Å². The minimum atomic E-state index is -0.731. The molecule has 0 bridgehead atoms. The van der Waals surface area contributed by atoms with Crippen molar-refractivity contribution < 1.29 is 14.7 Å². The van der Waals surface area contributed by atoms with E-state index in [4.69, 9.17) is 10.8 Å². The van der Waals surface area contributed by atoms with E-state index in [-0.39, 0.29) is 5.75 Å². The van der Waals surface area contributed by atoms with Crippen LogP contribution in [0.4, 0.5) is 4.79 Å². The van der Waals surface area contributed by atoms with Crippen LogP contribution in [0.3, 0.4) is 0 Å². The minimum absolute atomic E-state index is 0.157. The van der Waals surface area contributed by atoms with E-state index in [9.17, 15) is 9.59 Å². The molecular weight excluding hydrogens is 196 g/mol. The summed E-state index contributed by atoms with van der Waals surface area (Å²) in [5.41, 5.74) is 5.73. The maximum Gasteiger partial charge on any atom is 0.312 e. The van der Waals surface area contributed by atoms with Crippen LogP contribution in [0.2, 0.25) is 0 Å². The fourth-order valence-corrected chi connectivity index (χ4v) is 1.20. The molecule has 1 atom stereocenters. The van der Waals surface area contributed by atoms with E-state index in [2.05, 4.69) is 5.32 Å². The second-order valence-electron chi connectivity index (χ2n) is 3.12. The first kappa shape index (κ1) is 11.0. The Morgan fingerprint density at radius 1 is 1.47 bits per heavy atom. The number of phenolic OH excluding ortho intramolecular Hbond substituents is 1. The van der Waals surface area contributed by atoms with Crippen molar-refractivity contribution in [3.8, 4) is 5.75 Å². The zero-order valence-electron chi connectivity index (χ0n) is 8.01. The lowest BCUT2D eigenvalue weighted by Gasteiger charge is -2.10. The maximum absolute atomic E-state index is 10.6. The smallest absolute Gasteiger partial charge is 0.312 e. The maximum atomic E-state index is 10.6. The Bertz CT molecular complexity index is 348. The lowest BCUT2D eigenvalue weighted by molar-refractivity contribution is -0.109. The van der Waals surface area contributed by atoms with E-state index in [1.165, 1.54) is 12.1 Å². The third-order valence-electron chi connectivity index (χ3n) is 1.88. The van der Waals surface area contributed by atoms with Crippen LogP contribution in [0.1, 0.15) is 5.56 Å². The first-order chi connectivity index (χ1) is 7.11. The highest BCUT2D eigenvalue weighted by molar-refractivity contribution is 5.76. The van der Waals surface area contributed by atoms with Gasteiger partial charge in [-0.05, 0) is 24.1 Å². The number of rotatable bonds is 4. The molecule has 80 valence electrons. The molecule has 0 fully saturated rings. The van der Waals surface area contributed by atoms with E-state index < -0.39 is 12.1 Å². The molecule has 15 heavy (non-hydrogen) atoms. The van der Waals surface area contributed by atoms with Gasteiger partial charge in [0.1, 0.15) is 12.0 Å². The highest BCUT2D eigenvalue weighted by Crippen LogP contribution is 2.10. The summed E-state index contributed by atoms with van der Waals surface area (Å²) in [6, 6.07) is 5.02. The number of amides is 2. The fourth-order valence-electron chi connectivity index (χ4n) is 1.20. The average molecular weight is 208 g/mol. The normalized spacial score (nSPS) is 11.7. The molecule has 0 aliphatic heterocycles. The van der Waals surface area contributed by atoms with Gasteiger partial charge in [0.05, 0.1) is 6.04 Å². The molecule has 0 saturated heterocycles. The highest BCUT2D eigenvalue weighted by atomic mass is 16.3. The van der Waals surface area contributed by atoms with Crippen molar-refractivity contribution in [2.75, 3.05) is 0 Å². The first-order valence-corrected chi connectivity index (χ1v) is 4.41. The largest absolute Gasteiger partial charge is 0.508 e. The Labute approximate surface area is 86.9 Å². The molecule has 1 aromatic carbocycles. The van der Waals surface area contributed by atoms with Crippen LogP contribution in [-0.4, -0.2) is 23.5 Å². The molecule has 5 nitrogen and oxygen atoms in total. The molecule has 0 aromatic heterocycles. The van der Waals surface area contributed by atoms with Crippen molar-refractivity contribution in [1.82, 2.24) is 5.32 Å². The third kappa shape index (κ3) is 3.68. The molecule has 5 heteroatoms. The van der Waals surface area contributed by atoms with Gasteiger partial charge >= 0.3 is 6.03 Å². The van der Waals surface area contributed by atoms with Crippen LogP contribution < -0.4 is 11.1 Å². The number of nitrogens with two attached hydrogens (primary N) is 1. The molecule has 1 unspecified atom stereocenters. The summed E-state index contributed by atoms with van der Waals surface area (Å²) >= 11 is 0. The molecule has 0 spiro atoms. The molecule has 2 amide bonds. The molecule has 4 N–H and O–H groups in total. The van der Waals surface area contributed by atoms with E-state index in [0.717, 1.165) is 5.56 Å². The van der Waals surface area contributed by atoms with Crippen molar-refractivity contribution in [2.24, 2.45) is 5.73 Å². The Kier molecular flexibility index (Phi) is 3.68. The van der Waals surface area contributed by atoms with Crippen molar-refractivity contribution >= 4 is 12.3 Å². The molecule has 1 aromatic rings. The summed E-state index contributed by atoms with van der Waals surface area (Å²) in [5, 5.41) is 11.3. The highest BCUT2D eigenvalue weighted by Gasteiger charge is 2.09. The molecule has 1 rings (SSSR count). The van der Waals surface area contributed by atoms with E-state index >= 15 is 0 Å². The van der Waals surface area contributed by atoms with E-state index in [1.807, 2.05) is 0 Å². The van der Waals surface area contributed by atoms with Gasteiger partial charge in [-0.25, -0.2) is 4.79 Å². The van der Waals surface area contributed by atoms with Gasteiger partial charge < -0.3 is 21.0 Å². The van der Waals surface area contributed by atoms with Crippen molar-refractivity contribution in [1.29, 1.82) is 0 Å². The Morgan fingerprint density at radius 2 is 2.07 bits per heavy atom. The third-order valence-corrected chi connectivity index (χ3v) is 1.88. The number of primary amides is 1. The molecular formula is C10H12N2O3. The number of phenols is 1. The SMILES string of the molecule is NC(=O)NC(C=O)Cc1ccc(O)cc1. The van der Waals surface area contributed by atoms with Crippen molar-refractivity contribution in [2.45, 2.75) is 12.5 Å². The number of benzene rings is 1. The van der Waals surface area contributed by atoms with Gasteiger partial charge in [-0.1, -0.05) is 12.1 Å². The zero-order valence-corrected chi connectivity index (χ0v) is 8.01. The predicted octanol–water partition coefficient (Wildman–Crippen LogP) is 0.170. The number of carbonyl (C=O) groups excluding carboxylic acids is 2. The molecule has 0 radical (unpaired) electrons. The van der Waals surface area contributed by atoms with Gasteiger partial charge in [-0.15, -0.1) is 0 Å². The average Bonchev–Trinajstić information content (AvgIpc) is 2.19. The lowest BCUT2D eigenvalue weighted by Crippen LogP contribution is -2.40. The monoisotopic (exact) mass is 208 g/mol. The molecule has 0 aliphatic carbocycles. The summed E-state index contributed by atoms with van der Waals surface area (Å²) in [5.74, 6) is 0.157. The summed E-state index contributed by atoms with van der Waals surface area (Å²) < 4.78 is 0. The van der Waals surface area contributed by atoms with Crippen molar-refractivity contribution in [3.63, 3.8) is 0 Å². The number of aromatic hydroxyl groups is 1. The molecule has 0 saturated carbocycles. The van der Waals surface area contributed by atoms with Gasteiger partial charge in [-0.2, -0.15) is 0 Å². The quantitative estimate of drug-likeness (QED) is 0.616. The summed E-state index contributed by atoms with van der Waals surface area (Å²) in [6.07, 6.45) is 0.977. The predicted molar refractivity (Wildman–Crippen MR) is 54.4 cm³/mol. The van der Waals surface area contributed by atoms with Gasteiger partial charge in [0, 0.05) is 0 Å². The second kappa shape index (κ2) is 4.99. The van der Waals surface area contributed by atoms with Crippen LogP contribution in [0.5, 0.6) is 5.75 Å². The minimum Gasteiger partial charge on any atom is -0.508 e. The van der Waals surface area contributed by atoms with Crippen LogP contribution in [0, 0.1) is 0 Å². The number of aldehydes is 1. The van der Waals surface area contributed by atoms with E-state index in [0.29, 0.717) is 12.7 Å². The van der Waals surface area contributed by atoms with Crippen LogP contribution in [-0.2, 0) is 11.2 Å². The van der Waals surface area contributed by atoms with Crippen LogP contribution in [0.25, 0.3) is 0 Å². The lowest BCUT2D eigenvalue weighted by atomic mass is 10.1. The first-order valence-electron chi connectivity index (χ1n) is 4.41. The van der Waals surface area contributed by atoms with Gasteiger partial charge in [0.15, 0.2) is 0 Å². The Morgan fingerprint density at radius 3 is 2.53 bits per heavy atom. The van der Waals surface area contributed by atoms with Crippen LogP contribution >= 0.6 is 0 Å². The topological polar surface area (TPSA) is 92.4 Å². The Balaban J connectivity index is 2.62. The summed E-state index contributed by atoms with van der Waals surface area (Å²) in [7, 11) is 0. The number of hydrogen-bond donors (Lipinski definition) is 3. The fraction of sp³-hybridized carbons (Fsp3) is 0.200. The standard InChI is InChI=1S/C10H12N2O3/c11-10(15)12-8(6-13)5-7-1-3-9(14)4-2-7/h1-4,6,8,14H,5H2,(H3,11,12,15). The number of carbonyl (C=O) groups is 2. The number of urea groups is 1. The van der Waals surface area contributed by atoms with Gasteiger partial charge in [-0.3, -0.25) is 0 Å². The number of hydrogen-bond acceptors (Lipinski definition) is 3. The Hall–Kier alpha value is -2.04. The summed E-state index contributed by atoms with van der Waals surface area (Å²) in [6.45, 7) is 0. The van der Waals surface area contributed by atoms with E-state index in [1.54, 1.807) is 12.1 Å². The summed E-state index contributed by atoms with van der Waals surface area (Å²) in [4.78, 5) is 21.1. The number of nitrogens with one attached hydrogen (secondary N) is 1. The molecule has 0 aliphatic rings. The zero-order chi connectivity index (χ0) is 11.3. The van der Waals surface area contributed by atoms with Gasteiger partial charge in [0.25, 0.3) is 0 Å². The second-order valence-corrected chi connectivity index (χ2v) is 3.12.